The van der Waals surface area contributed by atoms with E-state index in [0.29, 0.717) is 6.61 Å². The lowest BCUT2D eigenvalue weighted by Crippen LogP contribution is -2.45. The number of likely N-dealkylation sites (tertiary alicyclic amines) is 1. The van der Waals surface area contributed by atoms with Crippen LogP contribution in [0, 0.1) is 25.2 Å². The molecule has 0 aromatic carbocycles. The Bertz CT molecular complexity index is 469. The van der Waals surface area contributed by atoms with E-state index in [1.165, 1.54) is 47.7 Å². The van der Waals surface area contributed by atoms with Crippen LogP contribution in [0.1, 0.15) is 47.7 Å². The summed E-state index contributed by atoms with van der Waals surface area (Å²) in [6.07, 6.45) is 6.41. The molecule has 1 aliphatic carbocycles. The zero-order valence-corrected chi connectivity index (χ0v) is 13.5. The maximum atomic E-state index is 9.92. The van der Waals surface area contributed by atoms with Crippen molar-refractivity contribution in [2.24, 2.45) is 11.3 Å². The molecule has 0 spiro atoms. The van der Waals surface area contributed by atoms with Crippen LogP contribution < -0.4 is 0 Å². The van der Waals surface area contributed by atoms with E-state index >= 15 is 0 Å². The summed E-state index contributed by atoms with van der Waals surface area (Å²) in [6, 6.07) is 0. The summed E-state index contributed by atoms with van der Waals surface area (Å²) in [5, 5.41) is 11.1. The standard InChI is InChI=1S/C16H26N2OS/c1-12-15(17-13(2)20-12)9-18-7-3-6-16(10-18,11-19)8-14-4-5-14/h14,19H,3-11H2,1-2H3/t16-/m0/s1. The molecule has 3 nitrogen and oxygen atoms in total. The maximum absolute atomic E-state index is 9.92. The van der Waals surface area contributed by atoms with Crippen molar-refractivity contribution in [2.45, 2.75) is 52.5 Å². The number of thiazole rings is 1. The van der Waals surface area contributed by atoms with Crippen molar-refractivity contribution in [3.8, 4) is 0 Å². The molecule has 112 valence electrons. The van der Waals surface area contributed by atoms with Gasteiger partial charge in [0.15, 0.2) is 0 Å². The Labute approximate surface area is 126 Å². The highest BCUT2D eigenvalue weighted by molar-refractivity contribution is 7.11. The summed E-state index contributed by atoms with van der Waals surface area (Å²) < 4.78 is 0. The van der Waals surface area contributed by atoms with Gasteiger partial charge in [-0.1, -0.05) is 12.8 Å². The summed E-state index contributed by atoms with van der Waals surface area (Å²) >= 11 is 1.80. The van der Waals surface area contributed by atoms with Gasteiger partial charge in [0.25, 0.3) is 0 Å². The summed E-state index contributed by atoms with van der Waals surface area (Å²) in [4.78, 5) is 8.53. The lowest BCUT2D eigenvalue weighted by atomic mass is 9.76. The molecule has 2 aliphatic rings. The van der Waals surface area contributed by atoms with Gasteiger partial charge in [0, 0.05) is 30.0 Å². The monoisotopic (exact) mass is 294 g/mol. The fourth-order valence-electron chi connectivity index (χ4n) is 3.67. The number of rotatable bonds is 5. The zero-order valence-electron chi connectivity index (χ0n) is 12.7. The van der Waals surface area contributed by atoms with E-state index in [1.54, 1.807) is 11.3 Å². The van der Waals surface area contributed by atoms with Crippen LogP contribution in [0.3, 0.4) is 0 Å². The summed E-state index contributed by atoms with van der Waals surface area (Å²) in [6.45, 7) is 7.78. The molecular weight excluding hydrogens is 268 g/mol. The zero-order chi connectivity index (χ0) is 14.2. The van der Waals surface area contributed by atoms with Crippen molar-refractivity contribution in [3.63, 3.8) is 0 Å². The highest BCUT2D eigenvalue weighted by atomic mass is 32.1. The third-order valence-corrected chi connectivity index (χ3v) is 5.80. The maximum Gasteiger partial charge on any atom is 0.0900 e. The molecule has 0 amide bonds. The first-order valence-corrected chi connectivity index (χ1v) is 8.68. The van der Waals surface area contributed by atoms with E-state index in [0.717, 1.165) is 25.6 Å². The smallest absolute Gasteiger partial charge is 0.0900 e. The molecule has 0 unspecified atom stereocenters. The van der Waals surface area contributed by atoms with Gasteiger partial charge in [0.05, 0.1) is 10.7 Å². The molecule has 2 heterocycles. The molecule has 1 saturated heterocycles. The second-order valence-corrected chi connectivity index (χ2v) is 8.26. The average molecular weight is 294 g/mol. The second-order valence-electron chi connectivity index (χ2n) is 6.86. The molecule has 0 bridgehead atoms. The Kier molecular flexibility index (Phi) is 4.16. The molecule has 4 heteroatoms. The number of aliphatic hydroxyl groups is 1. The number of aliphatic hydroxyl groups excluding tert-OH is 1. The van der Waals surface area contributed by atoms with Crippen LogP contribution in [0.15, 0.2) is 0 Å². The molecule has 1 N–H and O–H groups in total. The Morgan fingerprint density at radius 1 is 1.40 bits per heavy atom. The molecule has 1 aliphatic heterocycles. The molecule has 0 radical (unpaired) electrons. The first kappa shape index (κ1) is 14.5. The minimum absolute atomic E-state index is 0.165. The van der Waals surface area contributed by atoms with Crippen LogP contribution in [0.4, 0.5) is 0 Å². The predicted molar refractivity (Wildman–Crippen MR) is 83.0 cm³/mol. The lowest BCUT2D eigenvalue weighted by Gasteiger charge is -2.42. The van der Waals surface area contributed by atoms with Crippen LogP contribution in [-0.2, 0) is 6.54 Å². The van der Waals surface area contributed by atoms with Crippen molar-refractivity contribution in [2.75, 3.05) is 19.7 Å². The van der Waals surface area contributed by atoms with Gasteiger partial charge in [0.1, 0.15) is 0 Å². The van der Waals surface area contributed by atoms with E-state index in [2.05, 4.69) is 23.7 Å². The fraction of sp³-hybridized carbons (Fsp3) is 0.812. The van der Waals surface area contributed by atoms with Crippen LogP contribution in [0.2, 0.25) is 0 Å². The SMILES string of the molecule is Cc1nc(CN2CCC[C@](CO)(CC3CC3)C2)c(C)s1. The Morgan fingerprint density at radius 2 is 2.20 bits per heavy atom. The predicted octanol–water partition coefficient (Wildman–Crippen LogP) is 3.13. The van der Waals surface area contributed by atoms with Gasteiger partial charge in [-0.3, -0.25) is 4.90 Å². The van der Waals surface area contributed by atoms with Crippen LogP contribution >= 0.6 is 11.3 Å². The lowest BCUT2D eigenvalue weighted by molar-refractivity contribution is 0.0175. The quantitative estimate of drug-likeness (QED) is 0.906. The van der Waals surface area contributed by atoms with E-state index in [-0.39, 0.29) is 5.41 Å². The molecule has 1 saturated carbocycles. The Balaban J connectivity index is 1.66. The summed E-state index contributed by atoms with van der Waals surface area (Å²) in [5.74, 6) is 0.894. The van der Waals surface area contributed by atoms with Gasteiger partial charge in [-0.15, -0.1) is 11.3 Å². The third-order valence-electron chi connectivity index (χ3n) is 4.87. The largest absolute Gasteiger partial charge is 0.396 e. The van der Waals surface area contributed by atoms with Gasteiger partial charge in [0.2, 0.25) is 0 Å². The minimum Gasteiger partial charge on any atom is -0.396 e. The van der Waals surface area contributed by atoms with Crippen LogP contribution in [-0.4, -0.2) is 34.7 Å². The van der Waals surface area contributed by atoms with Gasteiger partial charge >= 0.3 is 0 Å². The highest BCUT2D eigenvalue weighted by Crippen LogP contribution is 2.44. The van der Waals surface area contributed by atoms with E-state index in [1.807, 2.05) is 0 Å². The summed E-state index contributed by atoms with van der Waals surface area (Å²) in [5.41, 5.74) is 1.41. The molecule has 20 heavy (non-hydrogen) atoms. The molecule has 2 fully saturated rings. The molecule has 1 aromatic rings. The number of aryl methyl sites for hydroxylation is 2. The first-order chi connectivity index (χ1) is 9.60. The van der Waals surface area contributed by atoms with Crippen molar-refractivity contribution in [3.05, 3.63) is 15.6 Å². The third kappa shape index (κ3) is 3.23. The van der Waals surface area contributed by atoms with Crippen molar-refractivity contribution < 1.29 is 5.11 Å². The van der Waals surface area contributed by atoms with E-state index < -0.39 is 0 Å². The van der Waals surface area contributed by atoms with Gasteiger partial charge in [-0.25, -0.2) is 4.98 Å². The number of nitrogens with zero attached hydrogens (tertiary/aromatic N) is 2. The van der Waals surface area contributed by atoms with E-state index in [9.17, 15) is 5.11 Å². The van der Waals surface area contributed by atoms with Crippen molar-refractivity contribution in [1.82, 2.24) is 9.88 Å². The fourth-order valence-corrected chi connectivity index (χ4v) is 4.50. The van der Waals surface area contributed by atoms with Crippen molar-refractivity contribution >= 4 is 11.3 Å². The normalized spacial score (nSPS) is 27.9. The van der Waals surface area contributed by atoms with Crippen LogP contribution in [0.25, 0.3) is 0 Å². The van der Waals surface area contributed by atoms with Crippen molar-refractivity contribution in [1.29, 1.82) is 0 Å². The number of hydrogen-bond acceptors (Lipinski definition) is 4. The van der Waals surface area contributed by atoms with Gasteiger partial charge in [-0.2, -0.15) is 0 Å². The molecule has 3 rings (SSSR count). The average Bonchev–Trinajstić information content (AvgIpc) is 3.16. The van der Waals surface area contributed by atoms with Gasteiger partial charge < -0.3 is 5.11 Å². The number of piperidine rings is 1. The van der Waals surface area contributed by atoms with E-state index in [4.69, 9.17) is 0 Å². The first-order valence-electron chi connectivity index (χ1n) is 7.86. The molecule has 1 atom stereocenters. The topological polar surface area (TPSA) is 36.4 Å². The number of hydrogen-bond donors (Lipinski definition) is 1. The Hall–Kier alpha value is -0.450. The van der Waals surface area contributed by atoms with Crippen LogP contribution in [0.5, 0.6) is 0 Å². The summed E-state index contributed by atoms with van der Waals surface area (Å²) in [7, 11) is 0. The van der Waals surface area contributed by atoms with Gasteiger partial charge in [-0.05, 0) is 45.6 Å². The molecule has 1 aromatic heterocycles. The Morgan fingerprint density at radius 3 is 2.80 bits per heavy atom. The second kappa shape index (κ2) is 5.74. The number of aromatic nitrogens is 1. The molecular formula is C16H26N2OS. The minimum atomic E-state index is 0.165. The highest BCUT2D eigenvalue weighted by Gasteiger charge is 2.39.